The number of ether oxygens (including phenoxy) is 1. The molecule has 1 aromatic heterocycles. The van der Waals surface area contributed by atoms with E-state index in [1.54, 1.807) is 24.3 Å². The Bertz CT molecular complexity index is 795. The van der Waals surface area contributed by atoms with E-state index in [4.69, 9.17) is 15.9 Å². The van der Waals surface area contributed by atoms with Crippen LogP contribution in [0.2, 0.25) is 0 Å². The van der Waals surface area contributed by atoms with E-state index in [0.717, 1.165) is 13.0 Å². The smallest absolute Gasteiger partial charge is 0.132 e. The molecule has 1 saturated heterocycles. The molecule has 6 nitrogen and oxygen atoms in total. The molecule has 1 unspecified atom stereocenters. The molecule has 3 rings (SSSR count). The molecule has 2 aromatic rings. The SMILES string of the molecule is CC(C)Oc1ccc(N)c(C(=N)c2cc(N3CCC(CF)C3)ncn2)c1. The fraction of sp³-hybridized carbons (Fsp3) is 0.421. The second kappa shape index (κ2) is 7.68. The Labute approximate surface area is 152 Å². The van der Waals surface area contributed by atoms with E-state index in [1.807, 2.05) is 18.7 Å². The summed E-state index contributed by atoms with van der Waals surface area (Å²) in [6.45, 7) is 4.97. The predicted molar refractivity (Wildman–Crippen MR) is 101 cm³/mol. The maximum atomic E-state index is 12.9. The van der Waals surface area contributed by atoms with Crippen molar-refractivity contribution in [3.05, 3.63) is 41.9 Å². The fourth-order valence-electron chi connectivity index (χ4n) is 3.06. The molecular weight excluding hydrogens is 333 g/mol. The van der Waals surface area contributed by atoms with Crippen LogP contribution in [0.15, 0.2) is 30.6 Å². The lowest BCUT2D eigenvalue weighted by Gasteiger charge is -2.18. The quantitative estimate of drug-likeness (QED) is 0.613. The van der Waals surface area contributed by atoms with Crippen LogP contribution in [0.25, 0.3) is 0 Å². The lowest BCUT2D eigenvalue weighted by Crippen LogP contribution is -2.22. The summed E-state index contributed by atoms with van der Waals surface area (Å²) >= 11 is 0. The Balaban J connectivity index is 1.85. The van der Waals surface area contributed by atoms with E-state index in [0.29, 0.717) is 35.1 Å². The van der Waals surface area contributed by atoms with Crippen LogP contribution < -0.4 is 15.4 Å². The molecule has 0 spiro atoms. The zero-order valence-electron chi connectivity index (χ0n) is 15.1. The number of nitrogens with one attached hydrogen (secondary N) is 1. The van der Waals surface area contributed by atoms with Crippen molar-refractivity contribution in [3.8, 4) is 5.75 Å². The highest BCUT2D eigenvalue weighted by molar-refractivity contribution is 6.13. The molecule has 26 heavy (non-hydrogen) atoms. The minimum Gasteiger partial charge on any atom is -0.491 e. The average molecular weight is 357 g/mol. The van der Waals surface area contributed by atoms with Crippen molar-refractivity contribution >= 4 is 17.2 Å². The van der Waals surface area contributed by atoms with Crippen molar-refractivity contribution in [2.45, 2.75) is 26.4 Å². The number of hydrogen-bond acceptors (Lipinski definition) is 6. The minimum absolute atomic E-state index is 0.0323. The molecule has 1 fully saturated rings. The highest BCUT2D eigenvalue weighted by Gasteiger charge is 2.24. The molecule has 0 radical (unpaired) electrons. The third-order valence-electron chi connectivity index (χ3n) is 4.40. The number of anilines is 2. The van der Waals surface area contributed by atoms with Gasteiger partial charge in [-0.1, -0.05) is 0 Å². The van der Waals surface area contributed by atoms with Gasteiger partial charge in [-0.15, -0.1) is 0 Å². The van der Waals surface area contributed by atoms with Crippen molar-refractivity contribution in [2.75, 3.05) is 30.4 Å². The monoisotopic (exact) mass is 357 g/mol. The lowest BCUT2D eigenvalue weighted by molar-refractivity contribution is 0.242. The molecule has 1 aliphatic heterocycles. The van der Waals surface area contributed by atoms with Crippen LogP contribution in [0.1, 0.15) is 31.5 Å². The number of aromatic nitrogens is 2. The van der Waals surface area contributed by atoms with Gasteiger partial charge in [-0.25, -0.2) is 9.97 Å². The van der Waals surface area contributed by atoms with Gasteiger partial charge in [0.15, 0.2) is 0 Å². The average Bonchev–Trinajstić information content (AvgIpc) is 3.12. The van der Waals surface area contributed by atoms with Crippen LogP contribution in [0.5, 0.6) is 5.75 Å². The van der Waals surface area contributed by atoms with Gasteiger partial charge >= 0.3 is 0 Å². The van der Waals surface area contributed by atoms with E-state index in [-0.39, 0.29) is 24.4 Å². The van der Waals surface area contributed by atoms with E-state index in [9.17, 15) is 4.39 Å². The molecular formula is C19H24FN5O. The van der Waals surface area contributed by atoms with Gasteiger partial charge in [-0.05, 0) is 38.5 Å². The number of nitrogens with two attached hydrogens (primary N) is 1. The zero-order chi connectivity index (χ0) is 18.7. The fourth-order valence-corrected chi connectivity index (χ4v) is 3.06. The molecule has 0 aliphatic carbocycles. The molecule has 0 bridgehead atoms. The molecule has 0 saturated carbocycles. The first-order valence-corrected chi connectivity index (χ1v) is 8.76. The summed E-state index contributed by atoms with van der Waals surface area (Å²) in [5.74, 6) is 1.42. The Kier molecular flexibility index (Phi) is 5.35. The maximum Gasteiger partial charge on any atom is 0.132 e. The number of halogens is 1. The van der Waals surface area contributed by atoms with Gasteiger partial charge in [0.2, 0.25) is 0 Å². The summed E-state index contributed by atoms with van der Waals surface area (Å²) in [6.07, 6.45) is 2.28. The van der Waals surface area contributed by atoms with Crippen LogP contribution in [-0.4, -0.2) is 41.5 Å². The van der Waals surface area contributed by atoms with E-state index in [1.165, 1.54) is 6.33 Å². The largest absolute Gasteiger partial charge is 0.491 e. The van der Waals surface area contributed by atoms with Crippen molar-refractivity contribution in [1.82, 2.24) is 9.97 Å². The van der Waals surface area contributed by atoms with Gasteiger partial charge in [0.05, 0.1) is 24.2 Å². The third kappa shape index (κ3) is 3.92. The third-order valence-corrected chi connectivity index (χ3v) is 4.40. The van der Waals surface area contributed by atoms with Crippen LogP contribution in [0, 0.1) is 11.3 Å². The lowest BCUT2D eigenvalue weighted by atomic mass is 10.0. The first-order chi connectivity index (χ1) is 12.5. The minimum atomic E-state index is -0.316. The first kappa shape index (κ1) is 18.1. The van der Waals surface area contributed by atoms with Gasteiger partial charge in [0.25, 0.3) is 0 Å². The van der Waals surface area contributed by atoms with Gasteiger partial charge in [-0.2, -0.15) is 0 Å². The molecule has 1 atom stereocenters. The normalized spacial score (nSPS) is 16.9. The second-order valence-corrected chi connectivity index (χ2v) is 6.81. The van der Waals surface area contributed by atoms with Gasteiger partial charge < -0.3 is 15.4 Å². The standard InChI is InChI=1S/C19H24FN5O/c1-12(2)26-14-3-4-16(21)15(7-14)19(22)17-8-18(24-11-23-17)25-6-5-13(9-20)10-25/h3-4,7-8,11-13,22H,5-6,9-10,21H2,1-2H3. The van der Waals surface area contributed by atoms with Crippen molar-refractivity contribution in [2.24, 2.45) is 5.92 Å². The first-order valence-electron chi connectivity index (χ1n) is 8.76. The molecule has 3 N–H and O–H groups in total. The Morgan fingerprint density at radius 1 is 1.38 bits per heavy atom. The number of rotatable bonds is 6. The number of nitrogens with zero attached hydrogens (tertiary/aromatic N) is 3. The van der Waals surface area contributed by atoms with E-state index >= 15 is 0 Å². The number of alkyl halides is 1. The van der Waals surface area contributed by atoms with Crippen molar-refractivity contribution < 1.29 is 9.13 Å². The van der Waals surface area contributed by atoms with Crippen molar-refractivity contribution in [1.29, 1.82) is 5.41 Å². The summed E-state index contributed by atoms with van der Waals surface area (Å²) in [4.78, 5) is 10.5. The van der Waals surface area contributed by atoms with Crippen LogP contribution in [-0.2, 0) is 0 Å². The number of benzene rings is 1. The van der Waals surface area contributed by atoms with E-state index < -0.39 is 0 Å². The van der Waals surface area contributed by atoms with E-state index in [2.05, 4.69) is 9.97 Å². The molecule has 138 valence electrons. The molecule has 2 heterocycles. The summed E-state index contributed by atoms with van der Waals surface area (Å²) in [7, 11) is 0. The molecule has 0 amide bonds. The van der Waals surface area contributed by atoms with Crippen LogP contribution in [0.4, 0.5) is 15.9 Å². The van der Waals surface area contributed by atoms with Gasteiger partial charge in [0.1, 0.15) is 17.9 Å². The zero-order valence-corrected chi connectivity index (χ0v) is 15.1. The Hall–Kier alpha value is -2.70. The molecule has 7 heteroatoms. The summed E-state index contributed by atoms with van der Waals surface area (Å²) in [5.41, 5.74) is 7.81. The number of hydrogen-bond donors (Lipinski definition) is 2. The highest BCUT2D eigenvalue weighted by Crippen LogP contribution is 2.26. The summed E-state index contributed by atoms with van der Waals surface area (Å²) in [6, 6.07) is 7.04. The van der Waals surface area contributed by atoms with Crippen molar-refractivity contribution in [3.63, 3.8) is 0 Å². The highest BCUT2D eigenvalue weighted by atomic mass is 19.1. The second-order valence-electron chi connectivity index (χ2n) is 6.81. The van der Waals surface area contributed by atoms with Crippen LogP contribution >= 0.6 is 0 Å². The van der Waals surface area contributed by atoms with Crippen LogP contribution in [0.3, 0.4) is 0 Å². The van der Waals surface area contributed by atoms with Gasteiger partial charge in [-0.3, -0.25) is 9.80 Å². The number of nitrogen functional groups attached to an aromatic ring is 1. The Morgan fingerprint density at radius 3 is 2.88 bits per heavy atom. The topological polar surface area (TPSA) is 88.1 Å². The maximum absolute atomic E-state index is 12.9. The Morgan fingerprint density at radius 2 is 2.19 bits per heavy atom. The predicted octanol–water partition coefficient (Wildman–Crippen LogP) is 3.06. The molecule has 1 aliphatic rings. The van der Waals surface area contributed by atoms with Gasteiger partial charge in [0, 0.05) is 36.3 Å². The summed E-state index contributed by atoms with van der Waals surface area (Å²) in [5, 5.41) is 8.53. The summed E-state index contributed by atoms with van der Waals surface area (Å²) < 4.78 is 18.6. The molecule has 1 aromatic carbocycles.